The van der Waals surface area contributed by atoms with Gasteiger partial charge in [-0.2, -0.15) is 14.9 Å². The maximum absolute atomic E-state index is 12.3. The number of aldehydes is 1. The SMILES string of the molecule is C.CC1CCC(C(=O)O)CC1.CC1CCC(C(N)C#N)CC1.CC1CCC(C=O)CC1.CC1CCC(CO)CC1.CO.COC(=O)C(N)C1CCC(C)CC1.C[CH2][Al]([C]#N)[CH2]C.Cc1ccc(S(=O)N=CC2CCC(C)CC2)cc1.Cc1ccc(S(=O)NC(C#N)C2CCC(C)CC2)cc1.Cc1ccc(S(N)=O)cc1. The van der Waals surface area contributed by atoms with Crippen molar-refractivity contribution >= 4 is 71.5 Å². The molecule has 3 aromatic rings. The van der Waals surface area contributed by atoms with E-state index in [1.54, 1.807) is 12.1 Å². The highest BCUT2D eigenvalue weighted by atomic mass is 32.2. The number of aliphatic hydroxyl groups is 2. The monoisotopic (exact) mass is 1600 g/mol. The summed E-state index contributed by atoms with van der Waals surface area (Å²) < 4.78 is 46.7. The number of hydrogen-bond acceptors (Lipinski definition) is 14. The summed E-state index contributed by atoms with van der Waals surface area (Å²) in [5.41, 5.74) is 14.9. The number of benzene rings is 3. The Balaban J connectivity index is 0.00000123. The molecule has 0 heterocycles. The number of aliphatic carboxylic acids is 1. The first-order chi connectivity index (χ1) is 52.0. The predicted molar refractivity (Wildman–Crippen MR) is 457 cm³/mol. The molecule has 110 heavy (non-hydrogen) atoms. The number of nitrogens with zero attached hydrogens (tertiary/aromatic N) is 4. The summed E-state index contributed by atoms with van der Waals surface area (Å²) in [6.07, 6.45) is 35.6. The molecule has 7 saturated carbocycles. The van der Waals surface area contributed by atoms with Crippen molar-refractivity contribution in [3.63, 3.8) is 0 Å². The molecule has 10 rings (SSSR count). The van der Waals surface area contributed by atoms with Gasteiger partial charge in [0, 0.05) is 25.8 Å². The van der Waals surface area contributed by atoms with Crippen molar-refractivity contribution in [2.45, 2.75) is 314 Å². The van der Waals surface area contributed by atoms with Crippen molar-refractivity contribution in [3.8, 4) is 17.1 Å². The van der Waals surface area contributed by atoms with Crippen LogP contribution in [-0.4, -0.2) is 105 Å². The number of esters is 1. The Bertz CT molecular complexity index is 3110. The first-order valence-electron chi connectivity index (χ1n) is 41.0. The van der Waals surface area contributed by atoms with E-state index in [9.17, 15) is 32.3 Å². The van der Waals surface area contributed by atoms with Crippen molar-refractivity contribution in [1.82, 2.24) is 4.72 Å². The van der Waals surface area contributed by atoms with E-state index in [0.717, 1.165) is 163 Å². The van der Waals surface area contributed by atoms with E-state index < -0.39 is 59.1 Å². The lowest BCUT2D eigenvalue weighted by Gasteiger charge is -2.29. The van der Waals surface area contributed by atoms with E-state index in [1.165, 1.54) is 115 Å². The molecule has 22 heteroatoms. The third-order valence-corrected chi connectivity index (χ3v) is 28.2. The van der Waals surface area contributed by atoms with Gasteiger partial charge in [0.15, 0.2) is 11.0 Å². The zero-order chi connectivity index (χ0) is 81.8. The second-order valence-corrected chi connectivity index (χ2v) is 39.2. The zero-order valence-electron chi connectivity index (χ0n) is 69.3. The summed E-state index contributed by atoms with van der Waals surface area (Å²) in [5.74, 6) is 7.51. The number of ether oxygens (including phenoxy) is 1. The van der Waals surface area contributed by atoms with E-state index >= 15 is 0 Å². The molecular weight excluding hydrogens is 1450 g/mol. The van der Waals surface area contributed by atoms with Crippen LogP contribution in [0.5, 0.6) is 0 Å². The van der Waals surface area contributed by atoms with E-state index in [2.05, 4.69) is 93.2 Å². The van der Waals surface area contributed by atoms with Crippen LogP contribution in [0.15, 0.2) is 91.9 Å². The molecule has 0 spiro atoms. The molecule has 0 aromatic heterocycles. The van der Waals surface area contributed by atoms with Crippen LogP contribution in [0.2, 0.25) is 10.6 Å². The van der Waals surface area contributed by atoms with Gasteiger partial charge in [-0.1, -0.05) is 215 Å². The number of nitriles is 3. The van der Waals surface area contributed by atoms with Gasteiger partial charge < -0.3 is 36.3 Å². The molecule has 7 aliphatic rings. The maximum Gasteiger partial charge on any atom is 0.421 e. The van der Waals surface area contributed by atoms with E-state index in [1.807, 2.05) is 87.6 Å². The van der Waals surface area contributed by atoms with Gasteiger partial charge >= 0.3 is 26.1 Å². The van der Waals surface area contributed by atoms with Crippen LogP contribution in [0.4, 0.5) is 0 Å². The Morgan fingerprint density at radius 3 is 1.22 bits per heavy atom. The highest BCUT2D eigenvalue weighted by Gasteiger charge is 2.31. The molecular formula is C88H149AlN8O10S3. The minimum absolute atomic E-state index is 0. The van der Waals surface area contributed by atoms with E-state index in [4.69, 9.17) is 42.4 Å². The Morgan fingerprint density at radius 1 is 0.545 bits per heavy atom. The quantitative estimate of drug-likeness (QED) is 0.0303. The second-order valence-electron chi connectivity index (χ2n) is 32.4. The van der Waals surface area contributed by atoms with Crippen LogP contribution in [0.1, 0.15) is 266 Å². The number of nitrogens with two attached hydrogens (primary N) is 3. The smallest absolute Gasteiger partial charge is 0.421 e. The van der Waals surface area contributed by atoms with Crippen LogP contribution < -0.4 is 21.3 Å². The number of aryl methyl sites for hydroxylation is 3. The van der Waals surface area contributed by atoms with Gasteiger partial charge in [0.25, 0.3) is 0 Å². The molecule has 622 valence electrons. The van der Waals surface area contributed by atoms with Gasteiger partial charge in [-0.25, -0.2) is 27.7 Å². The van der Waals surface area contributed by atoms with Gasteiger partial charge in [0.1, 0.15) is 40.3 Å². The van der Waals surface area contributed by atoms with Crippen LogP contribution in [0.3, 0.4) is 0 Å². The van der Waals surface area contributed by atoms with Crippen LogP contribution in [-0.2, 0) is 52.1 Å². The number of carboxylic acids is 1. The van der Waals surface area contributed by atoms with Crippen LogP contribution in [0.25, 0.3) is 0 Å². The minimum Gasteiger partial charge on any atom is -0.481 e. The Morgan fingerprint density at radius 2 is 0.891 bits per heavy atom. The van der Waals surface area contributed by atoms with Crippen LogP contribution >= 0.6 is 0 Å². The van der Waals surface area contributed by atoms with Gasteiger partial charge in [-0.15, -0.1) is 0 Å². The van der Waals surface area contributed by atoms with Crippen molar-refractivity contribution in [2.75, 3.05) is 20.8 Å². The normalized spacial score (nSPS) is 26.8. The number of carboxylic acid groups (broad SMARTS) is 1. The molecule has 6 unspecified atom stereocenters. The number of hydrogen-bond donors (Lipinski definition) is 7. The fourth-order valence-corrected chi connectivity index (χ4v) is 17.4. The highest BCUT2D eigenvalue weighted by Crippen LogP contribution is 2.34. The summed E-state index contributed by atoms with van der Waals surface area (Å²) in [7, 11) is -1.48. The predicted octanol–water partition coefficient (Wildman–Crippen LogP) is 18.7. The molecule has 7 fully saturated rings. The van der Waals surface area contributed by atoms with Crippen molar-refractivity contribution in [2.24, 2.45) is 104 Å². The third-order valence-electron chi connectivity index (χ3n) is 23.0. The lowest BCUT2D eigenvalue weighted by molar-refractivity contribution is -0.144. The topological polar surface area (TPSA) is 346 Å². The third kappa shape index (κ3) is 46.5. The molecule has 10 N–H and O–H groups in total. The number of carbonyl (C=O) groups excluding carboxylic acids is 2. The summed E-state index contributed by atoms with van der Waals surface area (Å²) >= 11 is -0.866. The number of methoxy groups -OCH3 is 1. The Hall–Kier alpha value is -4.85. The van der Waals surface area contributed by atoms with Gasteiger partial charge in [-0.3, -0.25) is 9.59 Å². The summed E-state index contributed by atoms with van der Waals surface area (Å²) in [4.78, 5) is 36.4. The minimum atomic E-state index is -1.34. The fraction of sp³-hybridized carbons (Fsp3) is 0.716. The molecule has 0 saturated heterocycles. The number of carbonyl (C=O) groups is 3. The van der Waals surface area contributed by atoms with Gasteiger partial charge in [-0.05, 0) is 231 Å². The molecule has 0 amide bonds. The molecule has 6 atom stereocenters. The van der Waals surface area contributed by atoms with Gasteiger partial charge in [0.05, 0.1) is 45.9 Å². The molecule has 0 radical (unpaired) electrons. The molecule has 3 aromatic carbocycles. The summed E-state index contributed by atoms with van der Waals surface area (Å²) in [5, 5.41) is 58.1. The summed E-state index contributed by atoms with van der Waals surface area (Å²) in [6, 6.07) is 26.1. The number of aliphatic hydroxyl groups excluding tert-OH is 2. The average Bonchev–Trinajstić information content (AvgIpc) is 0.860. The van der Waals surface area contributed by atoms with Crippen molar-refractivity contribution in [3.05, 3.63) is 89.5 Å². The average molecular weight is 1600 g/mol. The largest absolute Gasteiger partial charge is 0.481 e. The lowest BCUT2D eigenvalue weighted by Crippen LogP contribution is -2.40. The Labute approximate surface area is 679 Å². The number of nitrogens with one attached hydrogen (secondary N) is 1. The van der Waals surface area contributed by atoms with E-state index in [-0.39, 0.29) is 31.4 Å². The molecule has 7 aliphatic carbocycles. The van der Waals surface area contributed by atoms with Crippen LogP contribution in [0, 0.1) is 136 Å². The Kier molecular flexibility index (Phi) is 59.8. The van der Waals surface area contributed by atoms with Crippen molar-refractivity contribution in [1.29, 1.82) is 15.8 Å². The van der Waals surface area contributed by atoms with Gasteiger partial charge in [0.2, 0.25) is 0 Å². The first-order valence-corrected chi connectivity index (χ1v) is 46.7. The standard InChI is InChI=1S/C16H22N2OS.C15H21NOS.C10H19NO2.C9H16N2.C8H14O2.C8H16O.C8H14O.C7H9NOS.2C2H5.CN.CH4O.CH4.Al/c1-12-3-7-14(8-4-12)16(11-17)18-20(19)15-9-5-13(2)6-10-15;1-12-3-7-14(8-4-12)11-16-18(17)15-9-5-13(2)6-10-15;1-7-3-5-8(6-4-7)9(11)10(12)13-2;1-7-2-4-8(5-3-7)9(11)6-10;1-6-2-4-7(5-3-6)8(9)10;2*1-7-2-4-8(6-9)5-3-7;1-6-2-4-7(5-3-6)10(8)9;4*1-2;;/h5-6,9-10,12,14,16,18H,3-4,7-8H2,1-2H3;5-6,9-12,14H,3-4,7-8H2,1-2H3;7-9H,3-6,11H2,1-2H3;7-9H,2-5,11H2,1H3;6-7H,2-5H2,1H3,(H,9,10);7-9H,2-6H2,1H3;6-8H,2-5H2,1H3;2-5H,8H2,1H3;2*1H2,2H3;;2H,1H3;1H4;. The second kappa shape index (κ2) is 62.5. The first kappa shape index (κ1) is 105. The molecule has 0 bridgehead atoms. The van der Waals surface area contributed by atoms with E-state index in [0.29, 0.717) is 47.0 Å². The van der Waals surface area contributed by atoms with Crippen molar-refractivity contribution < 1.29 is 47.1 Å². The zero-order valence-corrected chi connectivity index (χ0v) is 72.9. The summed E-state index contributed by atoms with van der Waals surface area (Å²) in [6.45, 7) is 26.5. The lowest BCUT2D eigenvalue weighted by atomic mass is 9.79. The molecule has 0 aliphatic heterocycles. The fourth-order valence-electron chi connectivity index (χ4n) is 14.3. The number of rotatable bonds is 16. The highest BCUT2D eigenvalue weighted by molar-refractivity contribution is 7.84. The molecule has 18 nitrogen and oxygen atoms in total. The maximum atomic E-state index is 12.3.